The largest absolute Gasteiger partial charge is 0.379 e. The maximum absolute atomic E-state index is 12.6. The van der Waals surface area contributed by atoms with Gasteiger partial charge in [-0.25, -0.2) is 13.4 Å². The minimum atomic E-state index is -3.53. The number of sulfonamides is 1. The molecule has 0 N–H and O–H groups in total. The zero-order chi connectivity index (χ0) is 19.4. The average molecular weight is 414 g/mol. The van der Waals surface area contributed by atoms with Gasteiger partial charge in [0, 0.05) is 32.4 Å². The number of hydrogen-bond acceptors (Lipinski definition) is 6. The molecule has 1 aromatic rings. The van der Waals surface area contributed by atoms with Crippen LogP contribution in [0.3, 0.4) is 0 Å². The Hall–Kier alpha value is -1.16. The first kappa shape index (κ1) is 20.6. The van der Waals surface area contributed by atoms with Crippen molar-refractivity contribution >= 4 is 27.7 Å². The molecule has 1 aromatic heterocycles. The van der Waals surface area contributed by atoms with E-state index < -0.39 is 10.0 Å². The van der Waals surface area contributed by atoms with Gasteiger partial charge < -0.3 is 9.64 Å². The van der Waals surface area contributed by atoms with Crippen molar-refractivity contribution in [3.63, 3.8) is 0 Å². The van der Waals surface area contributed by atoms with E-state index >= 15 is 0 Å². The first-order chi connectivity index (χ1) is 12.9. The molecular formula is C18H27N3O4S2. The fraction of sp³-hybridized carbons (Fsp3) is 0.667. The molecule has 9 heteroatoms. The van der Waals surface area contributed by atoms with Crippen LogP contribution in [0.4, 0.5) is 0 Å². The molecule has 0 aliphatic carbocycles. The van der Waals surface area contributed by atoms with Gasteiger partial charge in [0.2, 0.25) is 15.9 Å². The lowest BCUT2D eigenvalue weighted by Gasteiger charge is -2.35. The van der Waals surface area contributed by atoms with E-state index in [-0.39, 0.29) is 10.8 Å². The van der Waals surface area contributed by atoms with Crippen LogP contribution in [-0.4, -0.2) is 73.7 Å². The Kier molecular flexibility index (Phi) is 6.78. The number of thioether (sulfide) groups is 1. The van der Waals surface area contributed by atoms with E-state index in [0.29, 0.717) is 48.9 Å². The highest BCUT2D eigenvalue weighted by molar-refractivity contribution is 7.99. The molecule has 2 aliphatic heterocycles. The van der Waals surface area contributed by atoms with Crippen molar-refractivity contribution in [1.29, 1.82) is 0 Å². The topological polar surface area (TPSA) is 79.8 Å². The van der Waals surface area contributed by atoms with Gasteiger partial charge >= 0.3 is 0 Å². The Morgan fingerprint density at radius 2 is 1.89 bits per heavy atom. The van der Waals surface area contributed by atoms with Gasteiger partial charge in [0.25, 0.3) is 0 Å². The second-order valence-electron chi connectivity index (χ2n) is 7.38. The molecule has 3 rings (SSSR count). The third kappa shape index (κ3) is 5.22. The number of morpholine rings is 1. The highest BCUT2D eigenvalue weighted by Gasteiger charge is 2.27. The summed E-state index contributed by atoms with van der Waals surface area (Å²) < 4.78 is 31.8. The van der Waals surface area contributed by atoms with Crippen molar-refractivity contribution in [2.75, 3.05) is 45.1 Å². The van der Waals surface area contributed by atoms with E-state index in [1.165, 1.54) is 22.3 Å². The van der Waals surface area contributed by atoms with Crippen molar-refractivity contribution in [2.45, 2.75) is 30.2 Å². The number of aromatic nitrogens is 1. The monoisotopic (exact) mass is 413 g/mol. The number of hydrogen-bond donors (Lipinski definition) is 0. The summed E-state index contributed by atoms with van der Waals surface area (Å²) in [6.07, 6.45) is 2.54. The number of likely N-dealkylation sites (tertiary alicyclic amines) is 1. The molecule has 7 nitrogen and oxygen atoms in total. The van der Waals surface area contributed by atoms with E-state index in [1.807, 2.05) is 4.90 Å². The first-order valence-electron chi connectivity index (χ1n) is 9.31. The second-order valence-corrected chi connectivity index (χ2v) is 10.3. The zero-order valence-electron chi connectivity index (χ0n) is 15.8. The first-order valence-corrected chi connectivity index (χ1v) is 11.7. The normalized spacial score (nSPS) is 24.7. The number of pyridine rings is 1. The van der Waals surface area contributed by atoms with Crippen LogP contribution in [0, 0.1) is 11.8 Å². The lowest BCUT2D eigenvalue weighted by molar-refractivity contribution is -0.130. The number of amides is 1. The van der Waals surface area contributed by atoms with E-state index in [2.05, 4.69) is 18.8 Å². The maximum Gasteiger partial charge on any atom is 0.244 e. The molecule has 0 radical (unpaired) electrons. The molecule has 0 saturated carbocycles. The molecule has 3 heterocycles. The standard InChI is InChI=1S/C18H27N3O4S2/c1-14-9-15(2)12-20(11-14)18(22)13-26-17-4-3-16(10-19-17)27(23,24)21-5-7-25-8-6-21/h3-4,10,14-15H,5-9,11-13H2,1-2H3/t14-,15+. The van der Waals surface area contributed by atoms with Crippen LogP contribution in [0.5, 0.6) is 0 Å². The third-order valence-electron chi connectivity index (χ3n) is 4.88. The van der Waals surface area contributed by atoms with Gasteiger partial charge in [0.05, 0.1) is 24.0 Å². The van der Waals surface area contributed by atoms with Crippen molar-refractivity contribution in [3.05, 3.63) is 18.3 Å². The summed E-state index contributed by atoms with van der Waals surface area (Å²) in [6.45, 7) is 7.53. The summed E-state index contributed by atoms with van der Waals surface area (Å²) in [4.78, 5) is 18.8. The van der Waals surface area contributed by atoms with Gasteiger partial charge in [-0.3, -0.25) is 4.79 Å². The average Bonchev–Trinajstić information content (AvgIpc) is 2.66. The number of nitrogens with zero attached hydrogens (tertiary/aromatic N) is 3. The number of carbonyl (C=O) groups is 1. The summed E-state index contributed by atoms with van der Waals surface area (Å²) in [5, 5.41) is 0.655. The molecule has 0 bridgehead atoms. The van der Waals surface area contributed by atoms with Crippen LogP contribution in [0.2, 0.25) is 0 Å². The maximum atomic E-state index is 12.6. The zero-order valence-corrected chi connectivity index (χ0v) is 17.5. The Morgan fingerprint density at radius 1 is 1.22 bits per heavy atom. The molecule has 2 atom stereocenters. The summed E-state index contributed by atoms with van der Waals surface area (Å²) in [5.74, 6) is 1.50. The van der Waals surface area contributed by atoms with Crippen LogP contribution in [0.15, 0.2) is 28.3 Å². The third-order valence-corrected chi connectivity index (χ3v) is 7.69. The van der Waals surface area contributed by atoms with Crippen LogP contribution in [0.25, 0.3) is 0 Å². The van der Waals surface area contributed by atoms with Gasteiger partial charge in [0.1, 0.15) is 4.90 Å². The Bertz CT molecular complexity index is 738. The number of rotatable bonds is 5. The molecule has 1 amide bonds. The Labute approximate surface area is 165 Å². The van der Waals surface area contributed by atoms with Crippen LogP contribution in [-0.2, 0) is 19.6 Å². The molecule has 0 unspecified atom stereocenters. The number of ether oxygens (including phenoxy) is 1. The summed E-state index contributed by atoms with van der Waals surface area (Å²) in [7, 11) is -3.53. The van der Waals surface area contributed by atoms with E-state index in [9.17, 15) is 13.2 Å². The van der Waals surface area contributed by atoms with E-state index in [1.54, 1.807) is 12.1 Å². The molecule has 2 saturated heterocycles. The highest BCUT2D eigenvalue weighted by atomic mass is 32.2. The van der Waals surface area contributed by atoms with Crippen LogP contribution < -0.4 is 0 Å². The van der Waals surface area contributed by atoms with Crippen molar-refractivity contribution in [2.24, 2.45) is 11.8 Å². The minimum Gasteiger partial charge on any atom is -0.379 e. The fourth-order valence-corrected chi connectivity index (χ4v) is 5.73. The van der Waals surface area contributed by atoms with Gasteiger partial charge in [0.15, 0.2) is 0 Å². The van der Waals surface area contributed by atoms with Crippen molar-refractivity contribution in [3.8, 4) is 0 Å². The molecule has 0 spiro atoms. The van der Waals surface area contributed by atoms with Gasteiger partial charge in [-0.15, -0.1) is 0 Å². The predicted octanol–water partition coefficient (Wildman–Crippen LogP) is 1.70. The molecule has 2 fully saturated rings. The lowest BCUT2D eigenvalue weighted by Crippen LogP contribution is -2.43. The minimum absolute atomic E-state index is 0.116. The second kappa shape index (κ2) is 8.89. The van der Waals surface area contributed by atoms with Gasteiger partial charge in [-0.2, -0.15) is 4.31 Å². The molecule has 2 aliphatic rings. The highest BCUT2D eigenvalue weighted by Crippen LogP contribution is 2.24. The summed E-state index contributed by atoms with van der Waals surface area (Å²) >= 11 is 1.35. The summed E-state index contributed by atoms with van der Waals surface area (Å²) in [6, 6.07) is 3.24. The number of piperidine rings is 1. The van der Waals surface area contributed by atoms with Gasteiger partial charge in [-0.05, 0) is 30.4 Å². The predicted molar refractivity (Wildman–Crippen MR) is 104 cm³/mol. The molecular weight excluding hydrogens is 386 g/mol. The van der Waals surface area contributed by atoms with Crippen molar-refractivity contribution < 1.29 is 17.9 Å². The fourth-order valence-electron chi connectivity index (χ4n) is 3.63. The smallest absolute Gasteiger partial charge is 0.244 e. The Balaban J connectivity index is 1.57. The quantitative estimate of drug-likeness (QED) is 0.684. The van der Waals surface area contributed by atoms with E-state index in [0.717, 1.165) is 19.5 Å². The SMILES string of the molecule is C[C@@H]1C[C@H](C)CN(C(=O)CSc2ccc(S(=O)(=O)N3CCOCC3)cn2)C1. The number of carbonyl (C=O) groups excluding carboxylic acids is 1. The van der Waals surface area contributed by atoms with Crippen molar-refractivity contribution in [1.82, 2.24) is 14.2 Å². The lowest BCUT2D eigenvalue weighted by atomic mass is 9.92. The molecule has 27 heavy (non-hydrogen) atoms. The molecule has 150 valence electrons. The van der Waals surface area contributed by atoms with E-state index in [4.69, 9.17) is 4.74 Å². The van der Waals surface area contributed by atoms with Gasteiger partial charge in [-0.1, -0.05) is 25.6 Å². The van der Waals surface area contributed by atoms with Crippen LogP contribution >= 0.6 is 11.8 Å². The van der Waals surface area contributed by atoms with Crippen LogP contribution in [0.1, 0.15) is 20.3 Å². The Morgan fingerprint density at radius 3 is 2.48 bits per heavy atom. The molecule has 0 aromatic carbocycles. The summed E-state index contributed by atoms with van der Waals surface area (Å²) in [5.41, 5.74) is 0.